The first-order valence-corrected chi connectivity index (χ1v) is 9.84. The number of hydrogen-bond acceptors (Lipinski definition) is 2. The van der Waals surface area contributed by atoms with Crippen LogP contribution >= 0.6 is 0 Å². The van der Waals surface area contributed by atoms with Crippen LogP contribution in [0.1, 0.15) is 31.4 Å². The van der Waals surface area contributed by atoms with Crippen molar-refractivity contribution in [2.75, 3.05) is 37.6 Å². The summed E-state index contributed by atoms with van der Waals surface area (Å²) < 4.78 is 13.1. The molecule has 0 unspecified atom stereocenters. The quantitative estimate of drug-likeness (QED) is 0.784. The van der Waals surface area contributed by atoms with Crippen molar-refractivity contribution in [3.8, 4) is 0 Å². The Morgan fingerprint density at radius 2 is 1.78 bits per heavy atom. The summed E-state index contributed by atoms with van der Waals surface area (Å²) in [5.74, 6) is -0.0951. The minimum Gasteiger partial charge on any atom is -0.360 e. The molecule has 0 aliphatic carbocycles. The van der Waals surface area contributed by atoms with Crippen molar-refractivity contribution in [1.82, 2.24) is 5.32 Å². The van der Waals surface area contributed by atoms with E-state index < -0.39 is 0 Å². The van der Waals surface area contributed by atoms with Crippen LogP contribution < -0.4 is 15.1 Å². The van der Waals surface area contributed by atoms with Crippen LogP contribution in [0.4, 0.5) is 10.1 Å². The predicted octanol–water partition coefficient (Wildman–Crippen LogP) is 2.19. The van der Waals surface area contributed by atoms with Crippen molar-refractivity contribution in [3.63, 3.8) is 0 Å². The van der Waals surface area contributed by atoms with E-state index in [0.29, 0.717) is 6.54 Å². The topological polar surface area (TPSA) is 36.8 Å². The molecule has 0 aromatic heterocycles. The Balaban J connectivity index is 1.49. The first-order chi connectivity index (χ1) is 13.2. The Morgan fingerprint density at radius 3 is 2.41 bits per heavy atom. The summed E-state index contributed by atoms with van der Waals surface area (Å²) >= 11 is 0. The molecule has 2 aromatic rings. The Morgan fingerprint density at radius 1 is 1.11 bits per heavy atom. The highest BCUT2D eigenvalue weighted by atomic mass is 19.1. The number of anilines is 1. The average molecular weight is 370 g/mol. The second kappa shape index (κ2) is 9.51. The molecule has 1 amide bonds. The average Bonchev–Trinajstić information content (AvgIpc) is 2.70. The van der Waals surface area contributed by atoms with Gasteiger partial charge in [0.2, 0.25) is 0 Å². The zero-order chi connectivity index (χ0) is 19.1. The lowest BCUT2D eigenvalue weighted by Crippen LogP contribution is -3.16. The number of amides is 1. The molecule has 1 aliphatic heterocycles. The van der Waals surface area contributed by atoms with Crippen LogP contribution in [0.2, 0.25) is 0 Å². The summed E-state index contributed by atoms with van der Waals surface area (Å²) in [6.45, 7) is 6.23. The molecule has 1 fully saturated rings. The number of nitrogens with one attached hydrogen (secondary N) is 2. The minimum atomic E-state index is -0.209. The zero-order valence-corrected chi connectivity index (χ0v) is 16.0. The van der Waals surface area contributed by atoms with Gasteiger partial charge in [-0.25, -0.2) is 4.39 Å². The molecule has 4 nitrogen and oxygen atoms in total. The maximum atomic E-state index is 13.1. The molecule has 2 N–H and O–H groups in total. The molecule has 1 heterocycles. The van der Waals surface area contributed by atoms with Gasteiger partial charge in [0.05, 0.1) is 32.2 Å². The van der Waals surface area contributed by atoms with E-state index in [4.69, 9.17) is 0 Å². The Bertz CT molecular complexity index is 712. The summed E-state index contributed by atoms with van der Waals surface area (Å²) in [5.41, 5.74) is 2.22. The third-order valence-corrected chi connectivity index (χ3v) is 5.19. The van der Waals surface area contributed by atoms with Crippen LogP contribution in [0.3, 0.4) is 0 Å². The molecule has 27 heavy (non-hydrogen) atoms. The Labute approximate surface area is 161 Å². The van der Waals surface area contributed by atoms with E-state index >= 15 is 0 Å². The number of benzene rings is 2. The van der Waals surface area contributed by atoms with Crippen molar-refractivity contribution in [2.45, 2.75) is 25.8 Å². The first-order valence-electron chi connectivity index (χ1n) is 9.84. The highest BCUT2D eigenvalue weighted by Gasteiger charge is 2.23. The van der Waals surface area contributed by atoms with Gasteiger partial charge in [-0.2, -0.15) is 0 Å². The van der Waals surface area contributed by atoms with Crippen LogP contribution in [0.5, 0.6) is 0 Å². The highest BCUT2D eigenvalue weighted by Crippen LogP contribution is 2.18. The van der Waals surface area contributed by atoms with E-state index in [1.165, 1.54) is 22.6 Å². The largest absolute Gasteiger partial charge is 0.360 e. The standard InChI is InChI=1S/C22H28FN3O/c1-2-6-21(18-7-4-3-5-8-18)24-22(27)17-25-13-15-26(16-14-25)20-11-9-19(23)10-12-20/h3-5,7-12,21H,2,6,13-17H2,1H3,(H,24,27)/p+1/t21-/m1/s1. The van der Waals surface area contributed by atoms with Gasteiger partial charge in [-0.1, -0.05) is 43.7 Å². The lowest BCUT2D eigenvalue weighted by molar-refractivity contribution is -0.892. The smallest absolute Gasteiger partial charge is 0.275 e. The van der Waals surface area contributed by atoms with Crippen molar-refractivity contribution >= 4 is 11.6 Å². The number of carbonyl (C=O) groups excluding carboxylic acids is 1. The van der Waals surface area contributed by atoms with Crippen LogP contribution in [-0.2, 0) is 4.79 Å². The Kier molecular flexibility index (Phi) is 6.82. The van der Waals surface area contributed by atoms with Crippen LogP contribution in [-0.4, -0.2) is 38.6 Å². The molecule has 0 saturated carbocycles. The summed E-state index contributed by atoms with van der Waals surface area (Å²) in [6.07, 6.45) is 1.98. The normalized spacial score (nSPS) is 16.1. The molecule has 0 radical (unpaired) electrons. The third kappa shape index (κ3) is 5.54. The van der Waals surface area contributed by atoms with E-state index in [1.54, 1.807) is 0 Å². The van der Waals surface area contributed by atoms with Crippen molar-refractivity contribution in [1.29, 1.82) is 0 Å². The number of piperazine rings is 1. The van der Waals surface area contributed by atoms with E-state index in [-0.39, 0.29) is 17.8 Å². The predicted molar refractivity (Wildman–Crippen MR) is 106 cm³/mol. The fourth-order valence-corrected chi connectivity index (χ4v) is 3.68. The summed E-state index contributed by atoms with van der Waals surface area (Å²) in [6, 6.07) is 16.9. The molecule has 0 bridgehead atoms. The minimum absolute atomic E-state index is 0.0867. The van der Waals surface area contributed by atoms with Gasteiger partial charge < -0.3 is 15.1 Å². The van der Waals surface area contributed by atoms with Crippen molar-refractivity contribution in [3.05, 3.63) is 66.0 Å². The SMILES string of the molecule is CCC[C@@H](NC(=O)C[NH+]1CCN(c2ccc(F)cc2)CC1)c1ccccc1. The van der Waals surface area contributed by atoms with Crippen LogP contribution in [0, 0.1) is 5.82 Å². The molecule has 2 aromatic carbocycles. The maximum Gasteiger partial charge on any atom is 0.275 e. The van der Waals surface area contributed by atoms with Gasteiger partial charge in [-0.3, -0.25) is 4.79 Å². The summed E-state index contributed by atoms with van der Waals surface area (Å²) in [4.78, 5) is 16.1. The van der Waals surface area contributed by atoms with Crippen LogP contribution in [0.15, 0.2) is 54.6 Å². The fourth-order valence-electron chi connectivity index (χ4n) is 3.68. The van der Waals surface area contributed by atoms with Gasteiger partial charge in [0.25, 0.3) is 5.91 Å². The summed E-state index contributed by atoms with van der Waals surface area (Å²) in [7, 11) is 0. The molecule has 5 heteroatoms. The van der Waals surface area contributed by atoms with Crippen molar-refractivity contribution in [2.24, 2.45) is 0 Å². The maximum absolute atomic E-state index is 13.1. The lowest BCUT2D eigenvalue weighted by atomic mass is 10.0. The number of nitrogens with zero attached hydrogens (tertiary/aromatic N) is 1. The molecule has 3 rings (SSSR count). The van der Waals surface area contributed by atoms with Crippen molar-refractivity contribution < 1.29 is 14.1 Å². The first kappa shape index (κ1) is 19.4. The molecule has 1 aliphatic rings. The second-order valence-electron chi connectivity index (χ2n) is 7.21. The fraction of sp³-hybridized carbons (Fsp3) is 0.409. The van der Waals surface area contributed by atoms with Crippen LogP contribution in [0.25, 0.3) is 0 Å². The van der Waals surface area contributed by atoms with Gasteiger partial charge in [-0.15, -0.1) is 0 Å². The molecule has 0 spiro atoms. The second-order valence-corrected chi connectivity index (χ2v) is 7.21. The molecular weight excluding hydrogens is 341 g/mol. The van der Waals surface area contributed by atoms with E-state index in [9.17, 15) is 9.18 Å². The number of halogens is 1. The van der Waals surface area contributed by atoms with Gasteiger partial charge >= 0.3 is 0 Å². The zero-order valence-electron chi connectivity index (χ0n) is 16.0. The molecule has 1 saturated heterocycles. The molecule has 144 valence electrons. The van der Waals surface area contributed by atoms with Gasteiger partial charge in [0.15, 0.2) is 6.54 Å². The number of carbonyl (C=O) groups is 1. The summed E-state index contributed by atoms with van der Waals surface area (Å²) in [5, 5.41) is 3.22. The van der Waals surface area contributed by atoms with Gasteiger partial charge in [0.1, 0.15) is 5.82 Å². The Hall–Kier alpha value is -2.40. The van der Waals surface area contributed by atoms with E-state index in [2.05, 4.69) is 29.3 Å². The number of hydrogen-bond donors (Lipinski definition) is 2. The number of quaternary nitrogens is 1. The van der Waals surface area contributed by atoms with E-state index in [0.717, 1.165) is 44.7 Å². The van der Waals surface area contributed by atoms with Gasteiger partial charge in [0, 0.05) is 5.69 Å². The lowest BCUT2D eigenvalue weighted by Gasteiger charge is -2.33. The highest BCUT2D eigenvalue weighted by molar-refractivity contribution is 5.77. The molecular formula is C22H29FN3O+. The molecule has 1 atom stereocenters. The monoisotopic (exact) mass is 370 g/mol. The van der Waals surface area contributed by atoms with E-state index in [1.807, 2.05) is 30.3 Å². The van der Waals surface area contributed by atoms with Gasteiger partial charge in [-0.05, 0) is 36.2 Å². The number of rotatable bonds is 7. The third-order valence-electron chi connectivity index (χ3n) is 5.19.